The van der Waals surface area contributed by atoms with Gasteiger partial charge in [-0.2, -0.15) is 0 Å². The number of esters is 1. The number of aliphatic hydroxyl groups is 5. The second-order valence-electron chi connectivity index (χ2n) is 10.2. The van der Waals surface area contributed by atoms with Crippen molar-refractivity contribution in [1.29, 1.82) is 0 Å². The largest absolute Gasteiger partial charge is 0.459 e. The van der Waals surface area contributed by atoms with E-state index in [-0.39, 0.29) is 19.4 Å². The molecule has 8 rings (SSSR count). The summed E-state index contributed by atoms with van der Waals surface area (Å²) >= 11 is 0. The van der Waals surface area contributed by atoms with E-state index >= 15 is 0 Å². The van der Waals surface area contributed by atoms with Crippen molar-refractivity contribution in [2.75, 3.05) is 13.2 Å². The van der Waals surface area contributed by atoms with Crippen molar-refractivity contribution in [3.63, 3.8) is 0 Å². The second-order valence-corrected chi connectivity index (χ2v) is 10.2. The highest BCUT2D eigenvalue weighted by molar-refractivity contribution is 5.89. The lowest BCUT2D eigenvalue weighted by Gasteiger charge is -2.67. The topological polar surface area (TPSA) is 164 Å². The monoisotopic (exact) mass is 480 g/mol. The summed E-state index contributed by atoms with van der Waals surface area (Å²) in [7, 11) is 0. The van der Waals surface area contributed by atoms with Gasteiger partial charge in [0.2, 0.25) is 0 Å². The molecule has 34 heavy (non-hydrogen) atoms. The lowest BCUT2D eigenvalue weighted by atomic mass is 9.41. The quantitative estimate of drug-likeness (QED) is 0.306. The molecule has 11 nitrogen and oxygen atoms in total. The van der Waals surface area contributed by atoms with Crippen LogP contribution in [0.1, 0.15) is 30.1 Å². The molecule has 11 atom stereocenters. The fraction of sp³-hybridized carbons (Fsp3) is 0.696. The molecule has 0 spiro atoms. The van der Waals surface area contributed by atoms with Crippen LogP contribution >= 0.6 is 0 Å². The smallest absolute Gasteiger partial charge is 0.338 e. The molecule has 7 fully saturated rings. The highest BCUT2D eigenvalue weighted by Gasteiger charge is 2.94. The summed E-state index contributed by atoms with van der Waals surface area (Å²) in [5, 5.41) is 52.9. The Morgan fingerprint density at radius 1 is 1.12 bits per heavy atom. The molecule has 0 aromatic heterocycles. The van der Waals surface area contributed by atoms with E-state index in [1.54, 1.807) is 37.3 Å². The number of rotatable bonds is 6. The van der Waals surface area contributed by atoms with Gasteiger partial charge in [-0.3, -0.25) is 0 Å². The second kappa shape index (κ2) is 7.19. The summed E-state index contributed by atoms with van der Waals surface area (Å²) in [5.41, 5.74) is -2.95. The predicted molar refractivity (Wildman–Crippen MR) is 109 cm³/mol. The average molecular weight is 480 g/mol. The van der Waals surface area contributed by atoms with Crippen LogP contribution in [-0.2, 0) is 23.7 Å². The number of hydrogen-bond donors (Lipinski definition) is 5. The third-order valence-corrected chi connectivity index (χ3v) is 8.59. The summed E-state index contributed by atoms with van der Waals surface area (Å²) in [6.45, 7) is 0.977. The molecule has 1 aromatic carbocycles. The highest BCUT2D eigenvalue weighted by Crippen LogP contribution is 2.81. The maximum Gasteiger partial charge on any atom is 0.338 e. The van der Waals surface area contributed by atoms with Gasteiger partial charge in [0.05, 0.1) is 17.6 Å². The molecule has 11 heteroatoms. The summed E-state index contributed by atoms with van der Waals surface area (Å²) in [6, 6.07) is 8.27. The summed E-state index contributed by atoms with van der Waals surface area (Å²) in [6.07, 6.45) is -7.90. The van der Waals surface area contributed by atoms with Crippen molar-refractivity contribution in [2.45, 2.75) is 73.8 Å². The zero-order valence-electron chi connectivity index (χ0n) is 18.4. The van der Waals surface area contributed by atoms with Crippen LogP contribution in [0.3, 0.4) is 0 Å². The standard InChI is InChI=1S/C23H28O11/c1-20-9-22(29)13-7-23(20,21(13,10-24)19(33-20)34-22)32-18-16(27)15(26)14(25)12(31-18)8-30-17(28)11-5-3-2-4-6-11/h2-6,12-16,18-19,24-27,29H,7-10H2,1H3/t12-,13?,14-,15+,16-,18+,19?,20+,21+,22-,23-/m1/s1. The lowest BCUT2D eigenvalue weighted by molar-refractivity contribution is -0.424. The first kappa shape index (κ1) is 22.8. The van der Waals surface area contributed by atoms with Crippen molar-refractivity contribution in [3.8, 4) is 0 Å². The van der Waals surface area contributed by atoms with Crippen LogP contribution < -0.4 is 0 Å². The first-order chi connectivity index (χ1) is 16.1. The van der Waals surface area contributed by atoms with E-state index in [0.29, 0.717) is 5.56 Å². The van der Waals surface area contributed by atoms with Gasteiger partial charge in [0.25, 0.3) is 0 Å². The van der Waals surface area contributed by atoms with Crippen molar-refractivity contribution < 1.29 is 54.0 Å². The van der Waals surface area contributed by atoms with E-state index in [0.717, 1.165) is 0 Å². The van der Waals surface area contributed by atoms with Crippen LogP contribution in [0.5, 0.6) is 0 Å². The van der Waals surface area contributed by atoms with Gasteiger partial charge in [0.15, 0.2) is 18.4 Å². The average Bonchev–Trinajstić information content (AvgIpc) is 3.00. The van der Waals surface area contributed by atoms with E-state index in [2.05, 4.69) is 0 Å². The number of hydrogen-bond acceptors (Lipinski definition) is 11. The van der Waals surface area contributed by atoms with E-state index in [1.165, 1.54) is 0 Å². The molecule has 5 N–H and O–H groups in total. The zero-order valence-corrected chi connectivity index (χ0v) is 18.4. The molecule has 7 aliphatic rings. The van der Waals surface area contributed by atoms with Gasteiger partial charge in [0.1, 0.15) is 42.2 Å². The number of ether oxygens (including phenoxy) is 5. The molecule has 4 saturated heterocycles. The summed E-state index contributed by atoms with van der Waals surface area (Å²) in [5.74, 6) is -2.49. The summed E-state index contributed by atoms with van der Waals surface area (Å²) in [4.78, 5) is 12.3. The van der Waals surface area contributed by atoms with Crippen LogP contribution in [0.4, 0.5) is 0 Å². The van der Waals surface area contributed by atoms with Crippen LogP contribution in [0, 0.1) is 11.3 Å². The molecule has 4 aliphatic heterocycles. The van der Waals surface area contributed by atoms with Gasteiger partial charge in [-0.25, -0.2) is 4.79 Å². The predicted octanol–water partition coefficient (Wildman–Crippen LogP) is -1.36. The third kappa shape index (κ3) is 2.59. The normalized spacial score (nSPS) is 52.5. The Morgan fingerprint density at radius 2 is 1.85 bits per heavy atom. The number of aliphatic hydroxyl groups excluding tert-OH is 4. The van der Waals surface area contributed by atoms with Gasteiger partial charge in [0, 0.05) is 12.3 Å². The third-order valence-electron chi connectivity index (χ3n) is 8.59. The fourth-order valence-corrected chi connectivity index (χ4v) is 6.86. The van der Waals surface area contributed by atoms with Gasteiger partial charge >= 0.3 is 5.97 Å². The molecule has 2 unspecified atom stereocenters. The Balaban J connectivity index is 1.22. The first-order valence-corrected chi connectivity index (χ1v) is 11.4. The fourth-order valence-electron chi connectivity index (χ4n) is 6.86. The number of carbonyl (C=O) groups excluding carboxylic acids is 1. The Bertz CT molecular complexity index is 990. The Kier molecular flexibility index (Phi) is 4.81. The number of benzene rings is 1. The molecule has 0 amide bonds. The van der Waals surface area contributed by atoms with Crippen LogP contribution in [0.25, 0.3) is 0 Å². The maximum atomic E-state index is 12.3. The summed E-state index contributed by atoms with van der Waals surface area (Å²) < 4.78 is 29.1. The molecule has 186 valence electrons. The van der Waals surface area contributed by atoms with E-state index < -0.39 is 77.9 Å². The van der Waals surface area contributed by atoms with Crippen molar-refractivity contribution >= 4 is 5.97 Å². The molecule has 3 aliphatic carbocycles. The van der Waals surface area contributed by atoms with Gasteiger partial charge in [-0.05, 0) is 25.5 Å². The van der Waals surface area contributed by atoms with Gasteiger partial charge in [-0.1, -0.05) is 18.2 Å². The molecule has 0 radical (unpaired) electrons. The van der Waals surface area contributed by atoms with Crippen molar-refractivity contribution in [1.82, 2.24) is 0 Å². The van der Waals surface area contributed by atoms with Crippen LogP contribution in [0.2, 0.25) is 0 Å². The molecule has 6 bridgehead atoms. The zero-order chi connectivity index (χ0) is 24.1. The highest BCUT2D eigenvalue weighted by atomic mass is 16.8. The van der Waals surface area contributed by atoms with E-state index in [1.807, 2.05) is 0 Å². The Labute approximate surface area is 194 Å². The molecular weight excluding hydrogens is 452 g/mol. The van der Waals surface area contributed by atoms with Gasteiger partial charge < -0.3 is 49.2 Å². The number of carbonyl (C=O) groups is 1. The minimum Gasteiger partial charge on any atom is -0.459 e. The minimum atomic E-state index is -1.64. The maximum absolute atomic E-state index is 12.3. The Morgan fingerprint density at radius 3 is 2.56 bits per heavy atom. The molecule has 4 heterocycles. The lowest BCUT2D eigenvalue weighted by Crippen LogP contribution is -2.80. The van der Waals surface area contributed by atoms with E-state index in [4.69, 9.17) is 23.7 Å². The minimum absolute atomic E-state index is 0.106. The van der Waals surface area contributed by atoms with Crippen LogP contribution in [0.15, 0.2) is 30.3 Å². The van der Waals surface area contributed by atoms with Crippen molar-refractivity contribution in [2.24, 2.45) is 11.3 Å². The van der Waals surface area contributed by atoms with Crippen molar-refractivity contribution in [3.05, 3.63) is 35.9 Å². The SMILES string of the molecule is C[C@@]12C[C@@]3(O)OC(O1)[C@]1(CO)C3C[C@]12O[C@@H]1O[C@H](COC(=O)c2ccccc2)[C@@H](O)[C@H](O)[C@H]1O. The van der Waals surface area contributed by atoms with Gasteiger partial charge in [-0.15, -0.1) is 0 Å². The molecule has 1 aromatic rings. The van der Waals surface area contributed by atoms with Crippen LogP contribution in [-0.4, -0.2) is 98.7 Å². The van der Waals surface area contributed by atoms with E-state index in [9.17, 15) is 30.3 Å². The molecule has 3 saturated carbocycles. The first-order valence-electron chi connectivity index (χ1n) is 11.4. The Hall–Kier alpha value is -1.67. The molecular formula is C23H28O11.